The SMILES string of the molecule is CCC1=C(c2ccccc2)C2CCC1C2. The predicted octanol–water partition coefficient (Wildman–Crippen LogP) is 4.28. The van der Waals surface area contributed by atoms with Gasteiger partial charge in [0.1, 0.15) is 0 Å². The molecule has 0 nitrogen and oxygen atoms in total. The molecule has 0 saturated heterocycles. The molecule has 15 heavy (non-hydrogen) atoms. The Morgan fingerprint density at radius 3 is 2.53 bits per heavy atom. The van der Waals surface area contributed by atoms with Gasteiger partial charge in [0.15, 0.2) is 0 Å². The smallest absolute Gasteiger partial charge is 0.0150 e. The fourth-order valence-corrected chi connectivity index (χ4v) is 3.56. The van der Waals surface area contributed by atoms with Gasteiger partial charge in [-0.15, -0.1) is 0 Å². The first-order valence-electron chi connectivity index (χ1n) is 6.18. The van der Waals surface area contributed by atoms with Crippen LogP contribution in [0.25, 0.3) is 5.57 Å². The van der Waals surface area contributed by atoms with Crippen molar-refractivity contribution in [2.45, 2.75) is 32.6 Å². The lowest BCUT2D eigenvalue weighted by molar-refractivity contribution is 0.637. The quantitative estimate of drug-likeness (QED) is 0.665. The summed E-state index contributed by atoms with van der Waals surface area (Å²) in [5.41, 5.74) is 4.95. The van der Waals surface area contributed by atoms with E-state index in [0.717, 1.165) is 11.8 Å². The van der Waals surface area contributed by atoms with Crippen molar-refractivity contribution in [2.24, 2.45) is 11.8 Å². The Hall–Kier alpha value is -1.04. The Labute approximate surface area is 92.0 Å². The van der Waals surface area contributed by atoms with Gasteiger partial charge in [0, 0.05) is 0 Å². The van der Waals surface area contributed by atoms with Gasteiger partial charge in [-0.25, -0.2) is 0 Å². The fourth-order valence-electron chi connectivity index (χ4n) is 3.56. The molecule has 3 rings (SSSR count). The highest BCUT2D eigenvalue weighted by molar-refractivity contribution is 5.74. The maximum Gasteiger partial charge on any atom is -0.0150 e. The van der Waals surface area contributed by atoms with Crippen molar-refractivity contribution >= 4 is 5.57 Å². The van der Waals surface area contributed by atoms with Crippen molar-refractivity contribution in [3.63, 3.8) is 0 Å². The first-order chi connectivity index (χ1) is 7.40. The molecular weight excluding hydrogens is 180 g/mol. The van der Waals surface area contributed by atoms with E-state index in [1.165, 1.54) is 31.2 Å². The van der Waals surface area contributed by atoms with Crippen molar-refractivity contribution in [3.05, 3.63) is 41.5 Å². The Morgan fingerprint density at radius 1 is 1.07 bits per heavy atom. The van der Waals surface area contributed by atoms with Gasteiger partial charge in [-0.1, -0.05) is 42.8 Å². The molecule has 0 N–H and O–H groups in total. The molecule has 2 atom stereocenters. The molecule has 78 valence electrons. The summed E-state index contributed by atoms with van der Waals surface area (Å²) < 4.78 is 0. The lowest BCUT2D eigenvalue weighted by Gasteiger charge is -2.19. The van der Waals surface area contributed by atoms with Crippen LogP contribution in [0.15, 0.2) is 35.9 Å². The zero-order valence-corrected chi connectivity index (χ0v) is 9.37. The van der Waals surface area contributed by atoms with Crippen molar-refractivity contribution < 1.29 is 0 Å². The average molecular weight is 198 g/mol. The second-order valence-electron chi connectivity index (χ2n) is 4.87. The molecule has 0 heteroatoms. The molecular formula is C15H18. The molecule has 0 heterocycles. The second kappa shape index (κ2) is 3.52. The molecule has 2 aliphatic carbocycles. The second-order valence-corrected chi connectivity index (χ2v) is 4.87. The van der Waals surface area contributed by atoms with Crippen LogP contribution >= 0.6 is 0 Å². The monoisotopic (exact) mass is 198 g/mol. The molecule has 1 aromatic rings. The standard InChI is InChI=1S/C15H18/c1-2-14-12-8-9-13(10-12)15(14)11-6-4-3-5-7-11/h3-7,12-13H,2,8-10H2,1H3. The molecule has 2 aliphatic rings. The zero-order valence-electron chi connectivity index (χ0n) is 9.37. The molecule has 1 aromatic carbocycles. The van der Waals surface area contributed by atoms with Crippen LogP contribution < -0.4 is 0 Å². The van der Waals surface area contributed by atoms with Crippen LogP contribution in [-0.4, -0.2) is 0 Å². The molecule has 0 aromatic heterocycles. The van der Waals surface area contributed by atoms with Crippen LogP contribution in [0.5, 0.6) is 0 Å². The lowest BCUT2D eigenvalue weighted by atomic mass is 9.86. The van der Waals surface area contributed by atoms with Gasteiger partial charge in [0.25, 0.3) is 0 Å². The fraction of sp³-hybridized carbons (Fsp3) is 0.467. The number of hydrogen-bond acceptors (Lipinski definition) is 0. The van der Waals surface area contributed by atoms with Gasteiger partial charge in [0.2, 0.25) is 0 Å². The molecule has 0 radical (unpaired) electrons. The maximum atomic E-state index is 2.32. The van der Waals surface area contributed by atoms with E-state index >= 15 is 0 Å². The topological polar surface area (TPSA) is 0 Å². The Kier molecular flexibility index (Phi) is 2.16. The van der Waals surface area contributed by atoms with E-state index in [-0.39, 0.29) is 0 Å². The molecule has 2 unspecified atom stereocenters. The highest BCUT2D eigenvalue weighted by Crippen LogP contribution is 2.53. The summed E-state index contributed by atoms with van der Waals surface area (Å²) in [6.45, 7) is 2.32. The molecule has 0 aliphatic heterocycles. The number of rotatable bonds is 2. The molecule has 1 saturated carbocycles. The molecule has 0 amide bonds. The van der Waals surface area contributed by atoms with E-state index in [1.54, 1.807) is 11.1 Å². The van der Waals surface area contributed by atoms with Crippen molar-refractivity contribution in [2.75, 3.05) is 0 Å². The first-order valence-corrected chi connectivity index (χ1v) is 6.18. The van der Waals surface area contributed by atoms with Gasteiger partial charge >= 0.3 is 0 Å². The maximum absolute atomic E-state index is 2.32. The number of allylic oxidation sites excluding steroid dienone is 2. The number of fused-ring (bicyclic) bond motifs is 2. The predicted molar refractivity (Wildman–Crippen MR) is 64.5 cm³/mol. The summed E-state index contributed by atoms with van der Waals surface area (Å²) in [5.74, 6) is 1.81. The van der Waals surface area contributed by atoms with Crippen molar-refractivity contribution in [1.29, 1.82) is 0 Å². The van der Waals surface area contributed by atoms with E-state index in [9.17, 15) is 0 Å². The number of benzene rings is 1. The molecule has 0 spiro atoms. The van der Waals surface area contributed by atoms with Gasteiger partial charge in [0.05, 0.1) is 0 Å². The van der Waals surface area contributed by atoms with E-state index in [4.69, 9.17) is 0 Å². The van der Waals surface area contributed by atoms with Crippen LogP contribution in [0.1, 0.15) is 38.2 Å². The third-order valence-electron chi connectivity index (χ3n) is 4.15. The summed E-state index contributed by atoms with van der Waals surface area (Å²) in [5, 5.41) is 0. The van der Waals surface area contributed by atoms with Gasteiger partial charge in [-0.2, -0.15) is 0 Å². The van der Waals surface area contributed by atoms with Crippen LogP contribution in [0.2, 0.25) is 0 Å². The highest BCUT2D eigenvalue weighted by atomic mass is 14.4. The third-order valence-corrected chi connectivity index (χ3v) is 4.15. The number of hydrogen-bond donors (Lipinski definition) is 0. The largest absolute Gasteiger partial charge is 0.0633 e. The summed E-state index contributed by atoms with van der Waals surface area (Å²) in [7, 11) is 0. The third kappa shape index (κ3) is 1.35. The summed E-state index contributed by atoms with van der Waals surface area (Å²) in [4.78, 5) is 0. The summed E-state index contributed by atoms with van der Waals surface area (Å²) >= 11 is 0. The van der Waals surface area contributed by atoms with Crippen molar-refractivity contribution in [1.82, 2.24) is 0 Å². The van der Waals surface area contributed by atoms with E-state index in [2.05, 4.69) is 37.3 Å². The van der Waals surface area contributed by atoms with Crippen LogP contribution in [0.4, 0.5) is 0 Å². The summed E-state index contributed by atoms with van der Waals surface area (Å²) in [6.07, 6.45) is 5.57. The Balaban J connectivity index is 2.07. The van der Waals surface area contributed by atoms with Gasteiger partial charge < -0.3 is 0 Å². The highest BCUT2D eigenvalue weighted by Gasteiger charge is 2.38. The van der Waals surface area contributed by atoms with Gasteiger partial charge in [-0.05, 0) is 48.7 Å². The van der Waals surface area contributed by atoms with Crippen LogP contribution in [0.3, 0.4) is 0 Å². The summed E-state index contributed by atoms with van der Waals surface area (Å²) in [6, 6.07) is 11.0. The Bertz CT molecular complexity index is 386. The first kappa shape index (κ1) is 9.21. The minimum absolute atomic E-state index is 0.882. The minimum Gasteiger partial charge on any atom is -0.0633 e. The molecule has 2 bridgehead atoms. The Morgan fingerprint density at radius 2 is 1.80 bits per heavy atom. The van der Waals surface area contributed by atoms with Crippen LogP contribution in [-0.2, 0) is 0 Å². The normalized spacial score (nSPS) is 28.9. The van der Waals surface area contributed by atoms with Crippen molar-refractivity contribution in [3.8, 4) is 0 Å². The van der Waals surface area contributed by atoms with Gasteiger partial charge in [-0.3, -0.25) is 0 Å². The molecule has 1 fully saturated rings. The lowest BCUT2D eigenvalue weighted by Crippen LogP contribution is -2.02. The zero-order chi connectivity index (χ0) is 10.3. The van der Waals surface area contributed by atoms with E-state index in [1.807, 2.05) is 0 Å². The van der Waals surface area contributed by atoms with E-state index < -0.39 is 0 Å². The average Bonchev–Trinajstić information content (AvgIpc) is 2.89. The van der Waals surface area contributed by atoms with E-state index in [0.29, 0.717) is 0 Å². The minimum atomic E-state index is 0.882. The van der Waals surface area contributed by atoms with Crippen LogP contribution in [0, 0.1) is 11.8 Å².